The van der Waals surface area contributed by atoms with Gasteiger partial charge in [0.2, 0.25) is 0 Å². The number of rotatable bonds is 7. The van der Waals surface area contributed by atoms with E-state index in [1.165, 1.54) is 25.7 Å². The van der Waals surface area contributed by atoms with E-state index in [1.54, 1.807) is 0 Å². The zero-order valence-electron chi connectivity index (χ0n) is 18.3. The molecule has 1 N–H and O–H groups in total. The molecule has 1 aliphatic rings. The third-order valence-corrected chi connectivity index (χ3v) is 5.45. The summed E-state index contributed by atoms with van der Waals surface area (Å²) in [4.78, 5) is 10.6. The number of hydrogen-bond donors (Lipinski definition) is 1. The highest BCUT2D eigenvalue weighted by Crippen LogP contribution is 2.43. The van der Waals surface area contributed by atoms with E-state index in [-0.39, 0.29) is 6.61 Å². The summed E-state index contributed by atoms with van der Waals surface area (Å²) in [6.07, 6.45) is 7.17. The monoisotopic (exact) mass is 378 g/mol. The van der Waals surface area contributed by atoms with Gasteiger partial charge in [0.25, 0.3) is 6.47 Å². The number of hydrogen-bond acceptors (Lipinski definition) is 4. The highest BCUT2D eigenvalue weighted by atomic mass is 16.5. The van der Waals surface area contributed by atoms with E-state index < -0.39 is 5.60 Å². The van der Waals surface area contributed by atoms with Crippen molar-refractivity contribution in [3.05, 3.63) is 22.3 Å². The molecule has 1 aromatic carbocycles. The molecule has 0 amide bonds. The first-order valence-corrected chi connectivity index (χ1v) is 10.2. The van der Waals surface area contributed by atoms with E-state index in [0.29, 0.717) is 12.2 Å². The van der Waals surface area contributed by atoms with Gasteiger partial charge in [0, 0.05) is 5.56 Å². The summed E-state index contributed by atoms with van der Waals surface area (Å²) in [7, 11) is 0. The van der Waals surface area contributed by atoms with E-state index in [0.717, 1.165) is 46.8 Å². The molecule has 4 nitrogen and oxygen atoms in total. The van der Waals surface area contributed by atoms with E-state index in [2.05, 4.69) is 20.8 Å². The number of aliphatic hydroxyl groups excluding tert-OH is 1. The van der Waals surface area contributed by atoms with Crippen LogP contribution in [-0.2, 0) is 11.2 Å². The SMILES string of the molecule is CCCCCC(C)C.Cc1c(C)c2c(c(C)c1OC=O)CCC(C)(CO)O2. The number of aliphatic hydroxyl groups is 1. The van der Waals surface area contributed by atoms with Gasteiger partial charge in [-0.2, -0.15) is 0 Å². The van der Waals surface area contributed by atoms with E-state index >= 15 is 0 Å². The maximum absolute atomic E-state index is 10.6. The Balaban J connectivity index is 0.000000387. The van der Waals surface area contributed by atoms with Gasteiger partial charge in [-0.25, -0.2) is 0 Å². The first kappa shape index (κ1) is 23.5. The molecule has 27 heavy (non-hydrogen) atoms. The topological polar surface area (TPSA) is 55.8 Å². The van der Waals surface area contributed by atoms with Crippen LogP contribution in [0.2, 0.25) is 0 Å². The first-order chi connectivity index (χ1) is 12.7. The van der Waals surface area contributed by atoms with Crippen molar-refractivity contribution < 1.29 is 19.4 Å². The molecule has 0 saturated heterocycles. The lowest BCUT2D eigenvalue weighted by molar-refractivity contribution is -0.120. The van der Waals surface area contributed by atoms with Crippen LogP contribution in [0.5, 0.6) is 11.5 Å². The summed E-state index contributed by atoms with van der Waals surface area (Å²) >= 11 is 0. The van der Waals surface area contributed by atoms with Gasteiger partial charge < -0.3 is 14.6 Å². The number of fused-ring (bicyclic) bond motifs is 1. The average Bonchev–Trinajstić information content (AvgIpc) is 2.64. The molecule has 1 heterocycles. The minimum absolute atomic E-state index is 0.00341. The summed E-state index contributed by atoms with van der Waals surface area (Å²) in [6, 6.07) is 0. The second kappa shape index (κ2) is 10.7. The zero-order chi connectivity index (χ0) is 20.6. The van der Waals surface area contributed by atoms with Crippen LogP contribution in [0.15, 0.2) is 0 Å². The Labute approximate surface area is 165 Å². The van der Waals surface area contributed by atoms with Gasteiger partial charge in [0.05, 0.1) is 6.61 Å². The van der Waals surface area contributed by atoms with Crippen LogP contribution in [0.25, 0.3) is 0 Å². The molecule has 1 aromatic rings. The normalized spacial score (nSPS) is 18.3. The van der Waals surface area contributed by atoms with Gasteiger partial charge in [0.15, 0.2) is 0 Å². The standard InChI is InChI=1S/C15H20O4.C8H18/c1-9-10(2)14-12(11(3)13(9)18-8-17)5-6-15(4,7-16)19-14;1-4-5-6-7-8(2)3/h8,16H,5-7H2,1-4H3;8H,4-7H2,1-3H3. The van der Waals surface area contributed by atoms with Crippen LogP contribution in [0.4, 0.5) is 0 Å². The largest absolute Gasteiger partial charge is 0.485 e. The maximum Gasteiger partial charge on any atom is 0.298 e. The quantitative estimate of drug-likeness (QED) is 0.506. The van der Waals surface area contributed by atoms with Crippen molar-refractivity contribution in [2.75, 3.05) is 6.61 Å². The maximum atomic E-state index is 10.6. The fraction of sp³-hybridized carbons (Fsp3) is 0.696. The van der Waals surface area contributed by atoms with Crippen LogP contribution in [-0.4, -0.2) is 23.8 Å². The molecule has 0 aliphatic carbocycles. The minimum atomic E-state index is -0.524. The lowest BCUT2D eigenvalue weighted by Crippen LogP contribution is -2.40. The summed E-state index contributed by atoms with van der Waals surface area (Å²) in [6.45, 7) is 15.0. The summed E-state index contributed by atoms with van der Waals surface area (Å²) in [5.74, 6) is 2.36. The van der Waals surface area contributed by atoms with Gasteiger partial charge in [-0.3, -0.25) is 4.79 Å². The molecule has 1 atom stereocenters. The smallest absolute Gasteiger partial charge is 0.298 e. The van der Waals surface area contributed by atoms with Crippen LogP contribution >= 0.6 is 0 Å². The molecule has 4 heteroatoms. The molecule has 2 rings (SSSR count). The Morgan fingerprint density at radius 3 is 2.37 bits per heavy atom. The van der Waals surface area contributed by atoms with Crippen LogP contribution in [0, 0.1) is 26.7 Å². The van der Waals surface area contributed by atoms with Crippen molar-refractivity contribution in [2.45, 2.75) is 92.6 Å². The fourth-order valence-corrected chi connectivity index (χ4v) is 3.42. The van der Waals surface area contributed by atoms with Crippen LogP contribution in [0.3, 0.4) is 0 Å². The number of ether oxygens (including phenoxy) is 2. The Kier molecular flexibility index (Phi) is 9.31. The average molecular weight is 379 g/mol. The molecule has 0 aromatic heterocycles. The van der Waals surface area contributed by atoms with Crippen molar-refractivity contribution in [1.29, 1.82) is 0 Å². The third-order valence-electron chi connectivity index (χ3n) is 5.45. The van der Waals surface area contributed by atoms with E-state index in [9.17, 15) is 9.90 Å². The van der Waals surface area contributed by atoms with Gasteiger partial charge in [0.1, 0.15) is 17.1 Å². The first-order valence-electron chi connectivity index (χ1n) is 10.2. The fourth-order valence-electron chi connectivity index (χ4n) is 3.42. The second-order valence-electron chi connectivity index (χ2n) is 8.33. The van der Waals surface area contributed by atoms with Gasteiger partial charge in [-0.15, -0.1) is 0 Å². The lowest BCUT2D eigenvalue weighted by atomic mass is 9.87. The zero-order valence-corrected chi connectivity index (χ0v) is 18.3. The number of carbonyl (C=O) groups excluding carboxylic acids is 1. The van der Waals surface area contributed by atoms with E-state index in [4.69, 9.17) is 9.47 Å². The van der Waals surface area contributed by atoms with Crippen molar-refractivity contribution in [1.82, 2.24) is 0 Å². The van der Waals surface area contributed by atoms with Crippen LogP contribution < -0.4 is 9.47 Å². The molecule has 0 bridgehead atoms. The van der Waals surface area contributed by atoms with Crippen LogP contribution in [0.1, 0.15) is 82.1 Å². The number of carbonyl (C=O) groups is 1. The molecule has 0 spiro atoms. The predicted octanol–water partition coefficient (Wildman–Crippen LogP) is 5.45. The molecular weight excluding hydrogens is 340 g/mol. The van der Waals surface area contributed by atoms with Crippen molar-refractivity contribution >= 4 is 6.47 Å². The number of benzene rings is 1. The predicted molar refractivity (Wildman–Crippen MR) is 111 cm³/mol. The highest BCUT2D eigenvalue weighted by molar-refractivity contribution is 5.62. The summed E-state index contributed by atoms with van der Waals surface area (Å²) in [5.41, 5.74) is 3.38. The Bertz CT molecular complexity index is 622. The molecule has 1 unspecified atom stereocenters. The Morgan fingerprint density at radius 1 is 1.19 bits per heavy atom. The molecule has 0 fully saturated rings. The molecule has 0 saturated carbocycles. The Hall–Kier alpha value is -1.55. The molecular formula is C23H38O4. The molecule has 0 radical (unpaired) electrons. The summed E-state index contributed by atoms with van der Waals surface area (Å²) < 4.78 is 11.1. The van der Waals surface area contributed by atoms with Crippen molar-refractivity contribution in [3.63, 3.8) is 0 Å². The lowest BCUT2D eigenvalue weighted by Gasteiger charge is -2.36. The summed E-state index contributed by atoms with van der Waals surface area (Å²) in [5, 5.41) is 9.45. The molecule has 154 valence electrons. The highest BCUT2D eigenvalue weighted by Gasteiger charge is 2.34. The number of unbranched alkanes of at least 4 members (excludes halogenated alkanes) is 2. The van der Waals surface area contributed by atoms with Gasteiger partial charge in [-0.1, -0.05) is 46.5 Å². The Morgan fingerprint density at radius 2 is 1.85 bits per heavy atom. The van der Waals surface area contributed by atoms with Crippen molar-refractivity contribution in [2.24, 2.45) is 5.92 Å². The second-order valence-corrected chi connectivity index (χ2v) is 8.33. The van der Waals surface area contributed by atoms with Gasteiger partial charge in [-0.05, 0) is 63.1 Å². The van der Waals surface area contributed by atoms with Crippen molar-refractivity contribution in [3.8, 4) is 11.5 Å². The minimum Gasteiger partial charge on any atom is -0.485 e. The third kappa shape index (κ3) is 6.24. The van der Waals surface area contributed by atoms with E-state index in [1.807, 2.05) is 27.7 Å². The van der Waals surface area contributed by atoms with Gasteiger partial charge >= 0.3 is 0 Å². The molecule has 1 aliphatic heterocycles.